The number of benzene rings is 9. The van der Waals surface area contributed by atoms with Crippen LogP contribution in [0.25, 0.3) is 106 Å². The molecule has 0 saturated carbocycles. The Balaban J connectivity index is 0.933. The molecule has 1 aliphatic rings. The van der Waals surface area contributed by atoms with Gasteiger partial charge >= 0.3 is 0 Å². The average Bonchev–Trinajstić information content (AvgIpc) is 3.82. The molecule has 0 aliphatic heterocycles. The molecule has 3 nitrogen and oxygen atoms in total. The van der Waals surface area contributed by atoms with Crippen molar-refractivity contribution in [1.82, 2.24) is 14.5 Å². The maximum absolute atomic E-state index is 5.06. The summed E-state index contributed by atoms with van der Waals surface area (Å²) >= 11 is 0. The zero-order valence-corrected chi connectivity index (χ0v) is 35.7. The molecule has 2 heterocycles. The summed E-state index contributed by atoms with van der Waals surface area (Å²) in [5, 5.41) is 2.51. The van der Waals surface area contributed by atoms with Crippen LogP contribution in [0.1, 0.15) is 25.0 Å². The van der Waals surface area contributed by atoms with E-state index in [9.17, 15) is 0 Å². The molecule has 64 heavy (non-hydrogen) atoms. The van der Waals surface area contributed by atoms with Gasteiger partial charge in [-0.1, -0.05) is 196 Å². The fraction of sp³-hybridized carbons (Fsp3) is 0.0492. The van der Waals surface area contributed by atoms with E-state index in [1.165, 1.54) is 66.3 Å². The number of aromatic nitrogens is 3. The lowest BCUT2D eigenvalue weighted by atomic mass is 9.81. The van der Waals surface area contributed by atoms with Crippen LogP contribution in [-0.2, 0) is 5.41 Å². The Morgan fingerprint density at radius 1 is 0.328 bits per heavy atom. The van der Waals surface area contributed by atoms with Gasteiger partial charge < -0.3 is 4.57 Å². The monoisotopic (exact) mass is 817 g/mol. The molecule has 12 rings (SSSR count). The standard InChI is InChI=1S/C61H43N3/c1-61(2)54-22-12-9-19-50(54)51-34-33-46(38-55(51)61)48-35-47(36-49(37-48)64-58-23-13-10-20-52(58)53-21-11-14-24-59(53)64)42-27-25-40(26-28-42)41-29-31-44(32-30-41)57-39-56(43-15-5-3-6-16-43)62-60(63-57)45-17-7-4-8-18-45/h3-39H,1-2H3. The second-order valence-corrected chi connectivity index (χ2v) is 17.4. The highest BCUT2D eigenvalue weighted by atomic mass is 15.0. The number of hydrogen-bond acceptors (Lipinski definition) is 2. The summed E-state index contributed by atoms with van der Waals surface area (Å²) in [6.07, 6.45) is 0. The van der Waals surface area contributed by atoms with Crippen molar-refractivity contribution in [2.75, 3.05) is 0 Å². The Kier molecular flexibility index (Phi) is 8.84. The van der Waals surface area contributed by atoms with E-state index in [1.54, 1.807) is 0 Å². The van der Waals surface area contributed by atoms with Crippen molar-refractivity contribution < 1.29 is 0 Å². The first-order valence-corrected chi connectivity index (χ1v) is 22.1. The van der Waals surface area contributed by atoms with Gasteiger partial charge in [0, 0.05) is 38.6 Å². The number of hydrogen-bond donors (Lipinski definition) is 0. The minimum atomic E-state index is -0.0890. The molecule has 0 bridgehead atoms. The highest BCUT2D eigenvalue weighted by Gasteiger charge is 2.35. The molecule has 0 unspecified atom stereocenters. The predicted molar refractivity (Wildman–Crippen MR) is 267 cm³/mol. The summed E-state index contributed by atoms with van der Waals surface area (Å²) in [6.45, 7) is 4.71. The second-order valence-electron chi connectivity index (χ2n) is 17.4. The van der Waals surface area contributed by atoms with E-state index >= 15 is 0 Å². The molecule has 0 N–H and O–H groups in total. The number of nitrogens with zero attached hydrogens (tertiary/aromatic N) is 3. The first-order chi connectivity index (χ1) is 31.5. The molecule has 0 amide bonds. The van der Waals surface area contributed by atoms with E-state index in [1.807, 2.05) is 24.3 Å². The quantitative estimate of drug-likeness (QED) is 0.160. The second kappa shape index (κ2) is 15.0. The van der Waals surface area contributed by atoms with Gasteiger partial charge in [-0.25, -0.2) is 9.97 Å². The van der Waals surface area contributed by atoms with Gasteiger partial charge in [-0.3, -0.25) is 0 Å². The molecule has 11 aromatic rings. The molecule has 0 atom stereocenters. The van der Waals surface area contributed by atoms with Crippen molar-refractivity contribution in [1.29, 1.82) is 0 Å². The summed E-state index contributed by atoms with van der Waals surface area (Å²) in [6, 6.07) is 81.0. The van der Waals surface area contributed by atoms with Crippen LogP contribution in [0, 0.1) is 0 Å². The van der Waals surface area contributed by atoms with Gasteiger partial charge in [0.15, 0.2) is 5.82 Å². The van der Waals surface area contributed by atoms with Crippen LogP contribution in [0.5, 0.6) is 0 Å². The highest BCUT2D eigenvalue weighted by Crippen LogP contribution is 2.50. The summed E-state index contributed by atoms with van der Waals surface area (Å²) in [5.41, 5.74) is 20.8. The maximum atomic E-state index is 5.06. The van der Waals surface area contributed by atoms with E-state index in [-0.39, 0.29) is 5.41 Å². The molecule has 1 aliphatic carbocycles. The fourth-order valence-corrected chi connectivity index (χ4v) is 9.91. The Morgan fingerprint density at radius 3 is 1.41 bits per heavy atom. The third-order valence-electron chi connectivity index (χ3n) is 13.2. The van der Waals surface area contributed by atoms with Crippen LogP contribution in [0.4, 0.5) is 0 Å². The van der Waals surface area contributed by atoms with Crippen molar-refractivity contribution >= 4 is 21.8 Å². The number of fused-ring (bicyclic) bond motifs is 6. The van der Waals surface area contributed by atoms with Crippen LogP contribution < -0.4 is 0 Å². The maximum Gasteiger partial charge on any atom is 0.160 e. The molecule has 9 aromatic carbocycles. The van der Waals surface area contributed by atoms with Gasteiger partial charge in [0.2, 0.25) is 0 Å². The van der Waals surface area contributed by atoms with Gasteiger partial charge in [0.25, 0.3) is 0 Å². The molecule has 0 saturated heterocycles. The summed E-state index contributed by atoms with van der Waals surface area (Å²) in [5.74, 6) is 0.715. The average molecular weight is 818 g/mol. The molecule has 0 fully saturated rings. The van der Waals surface area contributed by atoms with Gasteiger partial charge in [0.05, 0.1) is 22.4 Å². The Bertz CT molecular complexity index is 3430. The zero-order valence-electron chi connectivity index (χ0n) is 35.7. The van der Waals surface area contributed by atoms with E-state index in [0.717, 1.165) is 44.9 Å². The lowest BCUT2D eigenvalue weighted by Crippen LogP contribution is -2.14. The van der Waals surface area contributed by atoms with Crippen molar-refractivity contribution in [2.45, 2.75) is 19.3 Å². The number of rotatable bonds is 7. The van der Waals surface area contributed by atoms with Gasteiger partial charge in [-0.2, -0.15) is 0 Å². The first-order valence-electron chi connectivity index (χ1n) is 22.1. The van der Waals surface area contributed by atoms with E-state index in [4.69, 9.17) is 9.97 Å². The Labute approximate surface area is 373 Å². The topological polar surface area (TPSA) is 30.7 Å². The van der Waals surface area contributed by atoms with E-state index < -0.39 is 0 Å². The highest BCUT2D eigenvalue weighted by molar-refractivity contribution is 6.09. The summed E-state index contributed by atoms with van der Waals surface area (Å²) < 4.78 is 2.43. The van der Waals surface area contributed by atoms with Crippen LogP contribution in [0.3, 0.4) is 0 Å². The zero-order chi connectivity index (χ0) is 42.8. The third-order valence-corrected chi connectivity index (χ3v) is 13.2. The lowest BCUT2D eigenvalue weighted by molar-refractivity contribution is 0.660. The lowest BCUT2D eigenvalue weighted by Gasteiger charge is -2.22. The Morgan fingerprint density at radius 2 is 0.781 bits per heavy atom. The van der Waals surface area contributed by atoms with E-state index in [2.05, 4.69) is 219 Å². The smallest absolute Gasteiger partial charge is 0.160 e. The Hall–Kier alpha value is -8.14. The van der Waals surface area contributed by atoms with Crippen molar-refractivity contribution in [3.05, 3.63) is 236 Å². The molecule has 3 heteroatoms. The summed E-state index contributed by atoms with van der Waals surface area (Å²) in [7, 11) is 0. The van der Waals surface area contributed by atoms with Crippen LogP contribution >= 0.6 is 0 Å². The SMILES string of the molecule is CC1(C)c2ccccc2-c2ccc(-c3cc(-c4ccc(-c5ccc(-c6cc(-c7ccccc7)nc(-c7ccccc7)n6)cc5)cc4)cc(-n4c5ccccc5c5ccccc54)c3)cc21. The molecular weight excluding hydrogens is 775 g/mol. The van der Waals surface area contributed by atoms with Gasteiger partial charge in [-0.15, -0.1) is 0 Å². The fourth-order valence-electron chi connectivity index (χ4n) is 9.91. The van der Waals surface area contributed by atoms with Crippen molar-refractivity contribution in [3.8, 4) is 84.1 Å². The van der Waals surface area contributed by atoms with Gasteiger partial charge in [-0.05, 0) is 98.1 Å². The molecular formula is C61H43N3. The molecule has 0 radical (unpaired) electrons. The van der Waals surface area contributed by atoms with E-state index in [0.29, 0.717) is 5.82 Å². The predicted octanol–water partition coefficient (Wildman–Crippen LogP) is 15.9. The molecule has 302 valence electrons. The molecule has 2 aromatic heterocycles. The van der Waals surface area contributed by atoms with Crippen LogP contribution in [0.2, 0.25) is 0 Å². The van der Waals surface area contributed by atoms with Crippen molar-refractivity contribution in [3.63, 3.8) is 0 Å². The summed E-state index contributed by atoms with van der Waals surface area (Å²) in [4.78, 5) is 10.0. The minimum Gasteiger partial charge on any atom is -0.309 e. The number of para-hydroxylation sites is 2. The molecule has 0 spiro atoms. The minimum absolute atomic E-state index is 0.0890. The van der Waals surface area contributed by atoms with Crippen molar-refractivity contribution in [2.24, 2.45) is 0 Å². The normalized spacial score (nSPS) is 12.7. The van der Waals surface area contributed by atoms with Crippen LogP contribution in [0.15, 0.2) is 224 Å². The van der Waals surface area contributed by atoms with Crippen LogP contribution in [-0.4, -0.2) is 14.5 Å². The first kappa shape index (κ1) is 37.6. The third kappa shape index (κ3) is 6.36. The van der Waals surface area contributed by atoms with Gasteiger partial charge in [0.1, 0.15) is 0 Å². The largest absolute Gasteiger partial charge is 0.309 e.